The molecule has 6 nitrogen and oxygen atoms in total. The lowest BCUT2D eigenvalue weighted by Gasteiger charge is -2.31. The highest BCUT2D eigenvalue weighted by molar-refractivity contribution is 5.93. The molecule has 29 heavy (non-hydrogen) atoms. The van der Waals surface area contributed by atoms with Crippen LogP contribution >= 0.6 is 0 Å². The minimum absolute atomic E-state index is 0.00691. The molecule has 3 rings (SSSR count). The van der Waals surface area contributed by atoms with Crippen LogP contribution in [-0.2, 0) is 9.59 Å². The molecule has 0 aliphatic carbocycles. The maximum atomic E-state index is 12.4. The number of rotatable bonds is 7. The van der Waals surface area contributed by atoms with E-state index in [1.54, 1.807) is 24.3 Å². The van der Waals surface area contributed by atoms with Gasteiger partial charge in [-0.15, -0.1) is 0 Å². The second-order valence-electron chi connectivity index (χ2n) is 7.57. The maximum Gasteiger partial charge on any atom is 0.227 e. The fourth-order valence-electron chi connectivity index (χ4n) is 3.63. The number of piperidine rings is 1. The number of aromatic hydroxyl groups is 1. The number of anilines is 1. The van der Waals surface area contributed by atoms with E-state index in [4.69, 9.17) is 0 Å². The minimum atomic E-state index is -0.0715. The van der Waals surface area contributed by atoms with Crippen molar-refractivity contribution in [2.45, 2.75) is 32.2 Å². The number of hydrogen-bond acceptors (Lipinski definition) is 4. The van der Waals surface area contributed by atoms with E-state index in [0.717, 1.165) is 31.5 Å². The van der Waals surface area contributed by atoms with E-state index in [2.05, 4.69) is 15.5 Å². The molecule has 2 amide bonds. The lowest BCUT2D eigenvalue weighted by molar-refractivity contribution is -0.123. The molecule has 1 heterocycles. The van der Waals surface area contributed by atoms with Crippen molar-refractivity contribution in [3.8, 4) is 5.75 Å². The molecular formula is C23H29N3O3. The van der Waals surface area contributed by atoms with Gasteiger partial charge >= 0.3 is 0 Å². The lowest BCUT2D eigenvalue weighted by Crippen LogP contribution is -2.40. The van der Waals surface area contributed by atoms with Crippen molar-refractivity contribution in [2.75, 3.05) is 25.0 Å². The molecule has 3 N–H and O–H groups in total. The van der Waals surface area contributed by atoms with Gasteiger partial charge in [0.05, 0.1) is 11.7 Å². The van der Waals surface area contributed by atoms with E-state index in [-0.39, 0.29) is 29.5 Å². The van der Waals surface area contributed by atoms with E-state index < -0.39 is 0 Å². The Kier molecular flexibility index (Phi) is 7.25. The molecule has 0 spiro atoms. The number of benzene rings is 2. The smallest absolute Gasteiger partial charge is 0.227 e. The summed E-state index contributed by atoms with van der Waals surface area (Å²) in [7, 11) is 0. The number of nitrogens with zero attached hydrogens (tertiary/aromatic N) is 1. The average Bonchev–Trinajstić information content (AvgIpc) is 2.75. The fraction of sp³-hybridized carbons (Fsp3) is 0.391. The zero-order chi connectivity index (χ0) is 20.6. The molecule has 0 radical (unpaired) electrons. The van der Waals surface area contributed by atoms with Gasteiger partial charge in [-0.2, -0.15) is 0 Å². The Morgan fingerprint density at radius 1 is 1.07 bits per heavy atom. The van der Waals surface area contributed by atoms with Crippen molar-refractivity contribution >= 4 is 17.5 Å². The van der Waals surface area contributed by atoms with Crippen molar-refractivity contribution in [3.63, 3.8) is 0 Å². The summed E-state index contributed by atoms with van der Waals surface area (Å²) in [6.07, 6.45) is 1.95. The second-order valence-corrected chi connectivity index (χ2v) is 7.57. The Morgan fingerprint density at radius 2 is 1.72 bits per heavy atom. The van der Waals surface area contributed by atoms with Gasteiger partial charge in [0, 0.05) is 18.9 Å². The number of carbonyl (C=O) groups is 2. The molecular weight excluding hydrogens is 366 g/mol. The first kappa shape index (κ1) is 20.9. The number of hydrogen-bond donors (Lipinski definition) is 3. The molecule has 2 aromatic carbocycles. The fourth-order valence-corrected chi connectivity index (χ4v) is 3.63. The molecule has 0 bridgehead atoms. The first-order valence-electron chi connectivity index (χ1n) is 10.2. The highest BCUT2D eigenvalue weighted by Gasteiger charge is 2.25. The van der Waals surface area contributed by atoms with Crippen molar-refractivity contribution in [2.24, 2.45) is 5.92 Å². The summed E-state index contributed by atoms with van der Waals surface area (Å²) in [5, 5.41) is 15.6. The van der Waals surface area contributed by atoms with Crippen LogP contribution in [0.1, 0.15) is 37.8 Å². The Balaban J connectivity index is 1.38. The summed E-state index contributed by atoms with van der Waals surface area (Å²) in [5.74, 6) is -0.00633. The Morgan fingerprint density at radius 3 is 2.41 bits per heavy atom. The number of amides is 2. The van der Waals surface area contributed by atoms with E-state index in [1.165, 1.54) is 0 Å². The van der Waals surface area contributed by atoms with Crippen molar-refractivity contribution in [1.29, 1.82) is 0 Å². The van der Waals surface area contributed by atoms with Gasteiger partial charge in [0.1, 0.15) is 5.75 Å². The largest absolute Gasteiger partial charge is 0.506 e. The molecule has 1 fully saturated rings. The topological polar surface area (TPSA) is 81.7 Å². The molecule has 1 aliphatic rings. The monoisotopic (exact) mass is 395 g/mol. The molecule has 0 aromatic heterocycles. The maximum absolute atomic E-state index is 12.4. The van der Waals surface area contributed by atoms with Gasteiger partial charge in [0.15, 0.2) is 0 Å². The molecule has 1 aliphatic heterocycles. The molecule has 2 aromatic rings. The van der Waals surface area contributed by atoms with Crippen LogP contribution in [0.5, 0.6) is 5.75 Å². The summed E-state index contributed by atoms with van der Waals surface area (Å²) < 4.78 is 0. The normalized spacial score (nSPS) is 16.2. The van der Waals surface area contributed by atoms with Crippen molar-refractivity contribution in [3.05, 3.63) is 60.2 Å². The van der Waals surface area contributed by atoms with E-state index in [1.807, 2.05) is 37.3 Å². The Hall–Kier alpha value is -2.86. The molecule has 6 heteroatoms. The van der Waals surface area contributed by atoms with Gasteiger partial charge in [-0.05, 0) is 50.6 Å². The summed E-state index contributed by atoms with van der Waals surface area (Å²) in [5.41, 5.74) is 1.54. The van der Waals surface area contributed by atoms with Gasteiger partial charge < -0.3 is 20.6 Å². The second kappa shape index (κ2) is 10.1. The van der Waals surface area contributed by atoms with Crippen LogP contribution in [0.2, 0.25) is 0 Å². The predicted octanol–water partition coefficient (Wildman–Crippen LogP) is 3.31. The summed E-state index contributed by atoms with van der Waals surface area (Å²) in [6.45, 7) is 4.27. The van der Waals surface area contributed by atoms with Crippen LogP contribution in [0.3, 0.4) is 0 Å². The number of para-hydroxylation sites is 2. The van der Waals surface area contributed by atoms with Gasteiger partial charge in [-0.3, -0.25) is 9.59 Å². The Labute approximate surface area is 171 Å². The zero-order valence-corrected chi connectivity index (χ0v) is 16.8. The molecule has 0 unspecified atom stereocenters. The highest BCUT2D eigenvalue weighted by atomic mass is 16.3. The predicted molar refractivity (Wildman–Crippen MR) is 114 cm³/mol. The van der Waals surface area contributed by atoms with Crippen LogP contribution in [0.25, 0.3) is 0 Å². The van der Waals surface area contributed by atoms with Crippen LogP contribution in [0, 0.1) is 5.92 Å². The van der Waals surface area contributed by atoms with Crippen LogP contribution in [-0.4, -0.2) is 41.5 Å². The zero-order valence-electron chi connectivity index (χ0n) is 16.8. The minimum Gasteiger partial charge on any atom is -0.506 e. The van der Waals surface area contributed by atoms with Crippen LogP contribution in [0.4, 0.5) is 5.69 Å². The SMILES string of the molecule is C[C@@H](NC(=O)CCN1CCC(C(=O)Nc2ccccc2O)CC1)c1ccccc1. The highest BCUT2D eigenvalue weighted by Crippen LogP contribution is 2.24. The summed E-state index contributed by atoms with van der Waals surface area (Å²) in [4.78, 5) is 26.9. The van der Waals surface area contributed by atoms with E-state index in [0.29, 0.717) is 18.7 Å². The Bertz CT molecular complexity index is 817. The molecule has 0 saturated carbocycles. The van der Waals surface area contributed by atoms with Crippen molar-refractivity contribution < 1.29 is 14.7 Å². The third-order valence-corrected chi connectivity index (χ3v) is 5.45. The van der Waals surface area contributed by atoms with Crippen LogP contribution in [0.15, 0.2) is 54.6 Å². The van der Waals surface area contributed by atoms with Crippen molar-refractivity contribution in [1.82, 2.24) is 10.2 Å². The van der Waals surface area contributed by atoms with E-state index >= 15 is 0 Å². The summed E-state index contributed by atoms with van der Waals surface area (Å²) >= 11 is 0. The molecule has 1 saturated heterocycles. The first-order valence-corrected chi connectivity index (χ1v) is 10.2. The van der Waals surface area contributed by atoms with Gasteiger partial charge in [-0.1, -0.05) is 42.5 Å². The first-order chi connectivity index (χ1) is 14.0. The average molecular weight is 396 g/mol. The number of nitrogens with one attached hydrogen (secondary N) is 2. The van der Waals surface area contributed by atoms with Crippen LogP contribution < -0.4 is 10.6 Å². The van der Waals surface area contributed by atoms with Gasteiger partial charge in [-0.25, -0.2) is 0 Å². The quantitative estimate of drug-likeness (QED) is 0.628. The lowest BCUT2D eigenvalue weighted by atomic mass is 9.95. The molecule has 154 valence electrons. The number of likely N-dealkylation sites (tertiary alicyclic amines) is 1. The molecule has 1 atom stereocenters. The third-order valence-electron chi connectivity index (χ3n) is 5.45. The standard InChI is InChI=1S/C23H29N3O3/c1-17(18-7-3-2-4-8-18)24-22(28)13-16-26-14-11-19(12-15-26)23(29)25-20-9-5-6-10-21(20)27/h2-10,17,19,27H,11-16H2,1H3,(H,24,28)(H,25,29)/t17-/m1/s1. The van der Waals surface area contributed by atoms with E-state index in [9.17, 15) is 14.7 Å². The summed E-state index contributed by atoms with van der Waals surface area (Å²) in [6, 6.07) is 16.7. The number of phenols is 1. The number of carbonyl (C=O) groups excluding carboxylic acids is 2. The van der Waals surface area contributed by atoms with Gasteiger partial charge in [0.25, 0.3) is 0 Å². The third kappa shape index (κ3) is 6.06. The van der Waals surface area contributed by atoms with Gasteiger partial charge in [0.2, 0.25) is 11.8 Å². The number of phenolic OH excluding ortho intramolecular Hbond substituents is 1.